The van der Waals surface area contributed by atoms with Crippen molar-refractivity contribution in [2.75, 3.05) is 0 Å². The van der Waals surface area contributed by atoms with Crippen LogP contribution in [0.5, 0.6) is 23.0 Å². The normalized spacial score (nSPS) is 11.5. The molecule has 0 aliphatic carbocycles. The average Bonchev–Trinajstić information content (AvgIpc) is 3.18. The van der Waals surface area contributed by atoms with Gasteiger partial charge in [-0.25, -0.2) is 0 Å². The highest BCUT2D eigenvalue weighted by molar-refractivity contribution is 5.51. The Labute approximate surface area is 342 Å². The molecule has 3 nitrogen and oxygen atoms in total. The van der Waals surface area contributed by atoms with Gasteiger partial charge < -0.3 is 14.9 Å². The maximum atomic E-state index is 11.5. The van der Waals surface area contributed by atoms with Gasteiger partial charge in [-0.1, -0.05) is 207 Å². The molecule has 2 N–H and O–H groups in total. The van der Waals surface area contributed by atoms with E-state index < -0.39 is 0 Å². The standard InChI is InChI=1S/C52H90O3/c1-5-9-13-17-21-25-29-33-37-45-41-49(42-46(51(45)53)38-34-30-26-22-18-14-10-6-2)55-50-43-47(39-35-31-27-23-19-15-11-7-3)52(54)48(44-50)40-36-32-28-24-20-16-12-8-4/h41-44,53-54H,5-40H2,1-4H3. The predicted molar refractivity (Wildman–Crippen MR) is 242 cm³/mol. The quantitative estimate of drug-likeness (QED) is 0.0670. The van der Waals surface area contributed by atoms with Gasteiger partial charge in [-0.3, -0.25) is 0 Å². The first-order valence-corrected chi connectivity index (χ1v) is 24.4. The van der Waals surface area contributed by atoms with Crippen LogP contribution >= 0.6 is 0 Å². The number of aryl methyl sites for hydroxylation is 4. The number of hydrogen-bond acceptors (Lipinski definition) is 3. The Hall–Kier alpha value is -2.16. The van der Waals surface area contributed by atoms with E-state index in [0.29, 0.717) is 11.5 Å². The van der Waals surface area contributed by atoms with Crippen molar-refractivity contribution in [1.82, 2.24) is 0 Å². The van der Waals surface area contributed by atoms with Gasteiger partial charge in [0.2, 0.25) is 0 Å². The maximum Gasteiger partial charge on any atom is 0.128 e. The van der Waals surface area contributed by atoms with E-state index in [1.54, 1.807) is 0 Å². The van der Waals surface area contributed by atoms with Gasteiger partial charge in [0.15, 0.2) is 0 Å². The zero-order valence-electron chi connectivity index (χ0n) is 37.1. The lowest BCUT2D eigenvalue weighted by Crippen LogP contribution is -1.98. The smallest absolute Gasteiger partial charge is 0.128 e. The van der Waals surface area contributed by atoms with Crippen LogP contribution in [0.4, 0.5) is 0 Å². The molecule has 3 heteroatoms. The number of hydrogen-bond donors (Lipinski definition) is 2. The minimum absolute atomic E-state index is 0.495. The summed E-state index contributed by atoms with van der Waals surface area (Å²) < 4.78 is 6.76. The summed E-state index contributed by atoms with van der Waals surface area (Å²) in [7, 11) is 0. The van der Waals surface area contributed by atoms with Gasteiger partial charge in [0.05, 0.1) is 0 Å². The Morgan fingerprint density at radius 1 is 0.291 bits per heavy atom. The molecule has 0 atom stereocenters. The monoisotopic (exact) mass is 763 g/mol. The summed E-state index contributed by atoms with van der Waals surface area (Å²) in [5, 5.41) is 23.0. The number of phenolic OH excluding ortho intramolecular Hbond substituents is 2. The van der Waals surface area contributed by atoms with Crippen molar-refractivity contribution < 1.29 is 14.9 Å². The fourth-order valence-electron chi connectivity index (χ4n) is 8.27. The van der Waals surface area contributed by atoms with Crippen molar-refractivity contribution in [3.63, 3.8) is 0 Å². The van der Waals surface area contributed by atoms with Crippen molar-refractivity contribution in [3.05, 3.63) is 46.5 Å². The van der Waals surface area contributed by atoms with Crippen LogP contribution in [0.2, 0.25) is 0 Å². The minimum Gasteiger partial charge on any atom is -0.507 e. The van der Waals surface area contributed by atoms with E-state index in [1.807, 2.05) is 0 Å². The van der Waals surface area contributed by atoms with Crippen LogP contribution in [0.3, 0.4) is 0 Å². The van der Waals surface area contributed by atoms with Crippen molar-refractivity contribution in [2.24, 2.45) is 0 Å². The van der Waals surface area contributed by atoms with Gasteiger partial charge in [-0.15, -0.1) is 0 Å². The Balaban J connectivity index is 2.18. The zero-order valence-corrected chi connectivity index (χ0v) is 37.1. The van der Waals surface area contributed by atoms with Gasteiger partial charge in [0, 0.05) is 0 Å². The van der Waals surface area contributed by atoms with E-state index in [9.17, 15) is 10.2 Å². The lowest BCUT2D eigenvalue weighted by Gasteiger charge is -2.17. The number of benzene rings is 2. The molecule has 0 amide bonds. The summed E-state index contributed by atoms with van der Waals surface area (Å²) in [6.45, 7) is 9.12. The van der Waals surface area contributed by atoms with Crippen LogP contribution in [0.15, 0.2) is 24.3 Å². The molecule has 0 radical (unpaired) electrons. The summed E-state index contributed by atoms with van der Waals surface area (Å²) >= 11 is 0. The van der Waals surface area contributed by atoms with Crippen LogP contribution in [-0.2, 0) is 25.7 Å². The highest BCUT2D eigenvalue weighted by atomic mass is 16.5. The molecule has 0 aliphatic rings. The molecule has 2 rings (SSSR count). The van der Waals surface area contributed by atoms with Crippen molar-refractivity contribution in [2.45, 2.75) is 259 Å². The second kappa shape index (κ2) is 33.9. The molecule has 0 saturated carbocycles. The molecule has 0 unspecified atom stereocenters. The molecule has 0 bridgehead atoms. The number of phenols is 2. The van der Waals surface area contributed by atoms with E-state index in [0.717, 1.165) is 85.1 Å². The van der Waals surface area contributed by atoms with Gasteiger partial charge in [0.1, 0.15) is 23.0 Å². The largest absolute Gasteiger partial charge is 0.507 e. The van der Waals surface area contributed by atoms with E-state index in [4.69, 9.17) is 4.74 Å². The zero-order chi connectivity index (χ0) is 39.6. The van der Waals surface area contributed by atoms with Crippen molar-refractivity contribution in [1.29, 1.82) is 0 Å². The molecule has 0 heterocycles. The van der Waals surface area contributed by atoms with Crippen molar-refractivity contribution in [3.8, 4) is 23.0 Å². The van der Waals surface area contributed by atoms with Crippen LogP contribution in [-0.4, -0.2) is 10.2 Å². The van der Waals surface area contributed by atoms with E-state index in [1.165, 1.54) is 180 Å². The lowest BCUT2D eigenvalue weighted by molar-refractivity contribution is 0.440. The van der Waals surface area contributed by atoms with Crippen LogP contribution in [0, 0.1) is 0 Å². The molecule has 0 saturated heterocycles. The van der Waals surface area contributed by atoms with Crippen LogP contribution < -0.4 is 4.74 Å². The van der Waals surface area contributed by atoms with Gasteiger partial charge in [-0.05, 0) is 97.9 Å². The molecular formula is C52H90O3. The molecule has 316 valence electrons. The third-order valence-electron chi connectivity index (χ3n) is 11.9. The first kappa shape index (κ1) is 49.0. The minimum atomic E-state index is 0.495. The third-order valence-corrected chi connectivity index (χ3v) is 11.9. The Bertz CT molecular complexity index is 1010. The predicted octanol–water partition coefficient (Wildman–Crippen LogP) is 17.6. The second-order valence-corrected chi connectivity index (χ2v) is 17.2. The van der Waals surface area contributed by atoms with E-state index in [2.05, 4.69) is 52.0 Å². The summed E-state index contributed by atoms with van der Waals surface area (Å²) in [5.41, 5.74) is 4.15. The molecule has 0 fully saturated rings. The van der Waals surface area contributed by atoms with Crippen LogP contribution in [0.1, 0.15) is 255 Å². The number of aromatic hydroxyl groups is 2. The molecule has 0 aliphatic heterocycles. The molecular weight excluding hydrogens is 673 g/mol. The van der Waals surface area contributed by atoms with Gasteiger partial charge in [0.25, 0.3) is 0 Å². The second-order valence-electron chi connectivity index (χ2n) is 17.2. The summed E-state index contributed by atoms with van der Waals surface area (Å²) in [6, 6.07) is 8.43. The highest BCUT2D eigenvalue weighted by Crippen LogP contribution is 2.37. The Kier molecular flexibility index (Phi) is 30.2. The fourth-order valence-corrected chi connectivity index (χ4v) is 8.27. The summed E-state index contributed by atoms with van der Waals surface area (Å²) in [5.74, 6) is 2.66. The first-order chi connectivity index (χ1) is 27.0. The fraction of sp³-hybridized carbons (Fsp3) is 0.769. The molecule has 2 aromatic rings. The SMILES string of the molecule is CCCCCCCCCCc1cc(Oc2cc(CCCCCCCCCC)c(O)c(CCCCCCCCCC)c2)cc(CCCCCCCCCC)c1O. The van der Waals surface area contributed by atoms with Crippen molar-refractivity contribution >= 4 is 0 Å². The Morgan fingerprint density at radius 2 is 0.473 bits per heavy atom. The maximum absolute atomic E-state index is 11.5. The van der Waals surface area contributed by atoms with Crippen LogP contribution in [0.25, 0.3) is 0 Å². The van der Waals surface area contributed by atoms with Gasteiger partial charge >= 0.3 is 0 Å². The number of ether oxygens (including phenoxy) is 1. The number of rotatable bonds is 38. The highest BCUT2D eigenvalue weighted by Gasteiger charge is 2.15. The summed E-state index contributed by atoms with van der Waals surface area (Å²) in [4.78, 5) is 0. The van der Waals surface area contributed by atoms with Gasteiger partial charge in [-0.2, -0.15) is 0 Å². The lowest BCUT2D eigenvalue weighted by atomic mass is 9.97. The first-order valence-electron chi connectivity index (χ1n) is 24.4. The van der Waals surface area contributed by atoms with E-state index in [-0.39, 0.29) is 0 Å². The average molecular weight is 763 g/mol. The molecule has 55 heavy (non-hydrogen) atoms. The third kappa shape index (κ3) is 23.6. The number of unbranched alkanes of at least 4 members (excludes halogenated alkanes) is 28. The van der Waals surface area contributed by atoms with E-state index >= 15 is 0 Å². The molecule has 0 aromatic heterocycles. The topological polar surface area (TPSA) is 49.7 Å². The molecule has 0 spiro atoms. The summed E-state index contributed by atoms with van der Waals surface area (Å²) in [6.07, 6.45) is 44.7. The Morgan fingerprint density at radius 3 is 0.673 bits per heavy atom. The molecule has 2 aromatic carbocycles.